The highest BCUT2D eigenvalue weighted by Crippen LogP contribution is 2.24. The summed E-state index contributed by atoms with van der Waals surface area (Å²) in [6.07, 6.45) is 4.46. The number of rotatable bonds is 3. The molecule has 21 heavy (non-hydrogen) atoms. The lowest BCUT2D eigenvalue weighted by Gasteiger charge is -2.22. The van der Waals surface area contributed by atoms with E-state index < -0.39 is 11.7 Å². The predicted molar refractivity (Wildman–Crippen MR) is 84.0 cm³/mol. The number of carbonyl (C=O) groups is 1. The van der Waals surface area contributed by atoms with Crippen LogP contribution in [0, 0.1) is 0 Å². The summed E-state index contributed by atoms with van der Waals surface area (Å²) in [7, 11) is 0. The van der Waals surface area contributed by atoms with Crippen LogP contribution in [0.25, 0.3) is 0 Å². The third-order valence-electron chi connectivity index (χ3n) is 3.66. The van der Waals surface area contributed by atoms with E-state index in [2.05, 4.69) is 29.1 Å². The minimum atomic E-state index is -0.485. The Kier molecular flexibility index (Phi) is 4.88. The fraction of sp³-hybridized carbons (Fsp3) is 0.588. The van der Waals surface area contributed by atoms with E-state index in [0.717, 1.165) is 6.42 Å². The maximum Gasteiger partial charge on any atom is 0.422 e. The van der Waals surface area contributed by atoms with Crippen molar-refractivity contribution in [2.45, 2.75) is 65.0 Å². The van der Waals surface area contributed by atoms with Crippen LogP contribution < -0.4 is 10.9 Å². The maximum absolute atomic E-state index is 11.6. The maximum atomic E-state index is 11.6. The van der Waals surface area contributed by atoms with Gasteiger partial charge < -0.3 is 4.74 Å². The Bertz CT molecular complexity index is 506. The molecule has 1 aliphatic carbocycles. The van der Waals surface area contributed by atoms with Crippen LogP contribution in [0.3, 0.4) is 0 Å². The first-order chi connectivity index (χ1) is 9.85. The van der Waals surface area contributed by atoms with Crippen LogP contribution in [0.4, 0.5) is 4.79 Å². The second kappa shape index (κ2) is 6.48. The Morgan fingerprint density at radius 1 is 1.19 bits per heavy atom. The summed E-state index contributed by atoms with van der Waals surface area (Å²) in [6, 6.07) is 6.65. The van der Waals surface area contributed by atoms with Crippen molar-refractivity contribution >= 4 is 6.09 Å². The number of hydrazine groups is 1. The van der Waals surface area contributed by atoms with Crippen molar-refractivity contribution in [1.29, 1.82) is 0 Å². The molecule has 116 valence electrons. The van der Waals surface area contributed by atoms with E-state index >= 15 is 0 Å². The number of nitrogens with one attached hydrogen (secondary N) is 2. The Hall–Kier alpha value is -1.55. The summed E-state index contributed by atoms with van der Waals surface area (Å²) in [5.41, 5.74) is 9.23. The zero-order valence-corrected chi connectivity index (χ0v) is 13.5. The smallest absolute Gasteiger partial charge is 0.422 e. The largest absolute Gasteiger partial charge is 0.443 e. The van der Waals surface area contributed by atoms with Gasteiger partial charge in [-0.15, -0.1) is 0 Å². The van der Waals surface area contributed by atoms with Gasteiger partial charge in [-0.3, -0.25) is 5.43 Å². The zero-order chi connectivity index (χ0) is 15.5. The summed E-state index contributed by atoms with van der Waals surface area (Å²) < 4.78 is 5.20. The van der Waals surface area contributed by atoms with E-state index in [0.29, 0.717) is 0 Å². The normalized spacial score (nSPS) is 16.0. The SMILES string of the molecule is CC(NNC(=O)OC(C)(C)C)c1ccc2c(c1)CCCC2. The topological polar surface area (TPSA) is 50.4 Å². The molecule has 0 bridgehead atoms. The van der Waals surface area contributed by atoms with Crippen molar-refractivity contribution < 1.29 is 9.53 Å². The van der Waals surface area contributed by atoms with E-state index in [1.54, 1.807) is 0 Å². The highest BCUT2D eigenvalue weighted by atomic mass is 16.6. The Morgan fingerprint density at radius 3 is 2.52 bits per heavy atom. The standard InChI is InChI=1S/C17H26N2O2/c1-12(18-19-16(20)21-17(2,3)4)14-10-9-13-7-5-6-8-15(13)11-14/h9-12,18H,5-8H2,1-4H3,(H,19,20). The summed E-state index contributed by atoms with van der Waals surface area (Å²) in [4.78, 5) is 11.6. The number of fused-ring (bicyclic) bond motifs is 1. The molecular formula is C17H26N2O2. The number of hydrogen-bond donors (Lipinski definition) is 2. The van der Waals surface area contributed by atoms with Crippen molar-refractivity contribution in [2.75, 3.05) is 0 Å². The molecule has 1 aliphatic rings. The first kappa shape index (κ1) is 15.8. The van der Waals surface area contributed by atoms with Crippen LogP contribution >= 0.6 is 0 Å². The van der Waals surface area contributed by atoms with Crippen molar-refractivity contribution in [2.24, 2.45) is 0 Å². The van der Waals surface area contributed by atoms with Gasteiger partial charge in [0, 0.05) is 6.04 Å². The zero-order valence-electron chi connectivity index (χ0n) is 13.5. The van der Waals surface area contributed by atoms with Gasteiger partial charge in [0.05, 0.1) is 0 Å². The third-order valence-corrected chi connectivity index (χ3v) is 3.66. The van der Waals surface area contributed by atoms with E-state index in [1.165, 1.54) is 36.0 Å². The molecule has 4 nitrogen and oxygen atoms in total. The van der Waals surface area contributed by atoms with Gasteiger partial charge in [-0.1, -0.05) is 18.2 Å². The van der Waals surface area contributed by atoms with Crippen LogP contribution in [-0.2, 0) is 17.6 Å². The number of carbonyl (C=O) groups excluding carboxylic acids is 1. The van der Waals surface area contributed by atoms with Gasteiger partial charge in [-0.25, -0.2) is 10.2 Å². The molecule has 1 atom stereocenters. The van der Waals surface area contributed by atoms with Gasteiger partial charge in [-0.05, 0) is 70.1 Å². The minimum absolute atomic E-state index is 0.0461. The lowest BCUT2D eigenvalue weighted by Crippen LogP contribution is -2.42. The highest BCUT2D eigenvalue weighted by Gasteiger charge is 2.17. The molecule has 0 spiro atoms. The van der Waals surface area contributed by atoms with Gasteiger partial charge in [0.25, 0.3) is 0 Å². The molecule has 0 aliphatic heterocycles. The lowest BCUT2D eigenvalue weighted by molar-refractivity contribution is 0.0489. The molecule has 1 amide bonds. The molecule has 1 unspecified atom stereocenters. The van der Waals surface area contributed by atoms with Gasteiger partial charge in [0.1, 0.15) is 5.60 Å². The molecule has 1 aromatic rings. The number of benzene rings is 1. The Labute approximate surface area is 127 Å². The number of amides is 1. The van der Waals surface area contributed by atoms with Crippen molar-refractivity contribution in [3.05, 3.63) is 34.9 Å². The lowest BCUT2D eigenvalue weighted by atomic mass is 9.89. The molecule has 0 heterocycles. The van der Waals surface area contributed by atoms with Crippen LogP contribution in [0.15, 0.2) is 18.2 Å². The molecule has 4 heteroatoms. The van der Waals surface area contributed by atoms with Crippen LogP contribution in [0.5, 0.6) is 0 Å². The fourth-order valence-corrected chi connectivity index (χ4v) is 2.58. The van der Waals surface area contributed by atoms with E-state index in [4.69, 9.17) is 4.74 Å². The molecule has 1 aromatic carbocycles. The number of aryl methyl sites for hydroxylation is 2. The average Bonchev–Trinajstić information content (AvgIpc) is 2.42. The van der Waals surface area contributed by atoms with Gasteiger partial charge in [0.2, 0.25) is 0 Å². The number of hydrogen-bond acceptors (Lipinski definition) is 3. The van der Waals surface area contributed by atoms with Gasteiger partial charge in [0.15, 0.2) is 0 Å². The van der Waals surface area contributed by atoms with Crippen LogP contribution in [-0.4, -0.2) is 11.7 Å². The van der Waals surface area contributed by atoms with E-state index in [9.17, 15) is 4.79 Å². The molecule has 0 aromatic heterocycles. The molecule has 0 fully saturated rings. The third kappa shape index (κ3) is 4.74. The Balaban J connectivity index is 1.91. The second-order valence-corrected chi connectivity index (χ2v) is 6.73. The van der Waals surface area contributed by atoms with Gasteiger partial charge >= 0.3 is 6.09 Å². The van der Waals surface area contributed by atoms with Crippen molar-refractivity contribution in [3.8, 4) is 0 Å². The fourth-order valence-electron chi connectivity index (χ4n) is 2.58. The molecule has 2 rings (SSSR count). The highest BCUT2D eigenvalue weighted by molar-refractivity contribution is 5.67. The van der Waals surface area contributed by atoms with Crippen molar-refractivity contribution in [1.82, 2.24) is 10.9 Å². The molecule has 2 N–H and O–H groups in total. The Morgan fingerprint density at radius 2 is 1.86 bits per heavy atom. The summed E-state index contributed by atoms with van der Waals surface area (Å²) in [5.74, 6) is 0. The minimum Gasteiger partial charge on any atom is -0.443 e. The summed E-state index contributed by atoms with van der Waals surface area (Å²) in [5, 5.41) is 0. The predicted octanol–water partition coefficient (Wildman–Crippen LogP) is 3.66. The monoisotopic (exact) mass is 290 g/mol. The second-order valence-electron chi connectivity index (χ2n) is 6.73. The van der Waals surface area contributed by atoms with Crippen LogP contribution in [0.2, 0.25) is 0 Å². The first-order valence-electron chi connectivity index (χ1n) is 7.71. The summed E-state index contributed by atoms with van der Waals surface area (Å²) >= 11 is 0. The number of ether oxygens (including phenoxy) is 1. The summed E-state index contributed by atoms with van der Waals surface area (Å²) in [6.45, 7) is 7.57. The molecule has 0 radical (unpaired) electrons. The van der Waals surface area contributed by atoms with E-state index in [1.807, 2.05) is 27.7 Å². The molecule has 0 saturated heterocycles. The quantitative estimate of drug-likeness (QED) is 0.835. The van der Waals surface area contributed by atoms with Crippen LogP contribution in [0.1, 0.15) is 63.3 Å². The van der Waals surface area contributed by atoms with Gasteiger partial charge in [-0.2, -0.15) is 0 Å². The van der Waals surface area contributed by atoms with E-state index in [-0.39, 0.29) is 6.04 Å². The molecular weight excluding hydrogens is 264 g/mol. The first-order valence-corrected chi connectivity index (χ1v) is 7.71. The average molecular weight is 290 g/mol. The van der Waals surface area contributed by atoms with Crippen molar-refractivity contribution in [3.63, 3.8) is 0 Å². The molecule has 0 saturated carbocycles.